The summed E-state index contributed by atoms with van der Waals surface area (Å²) >= 11 is 13.5. The largest absolute Gasteiger partial charge is 0.484 e. The predicted octanol–water partition coefficient (Wildman–Crippen LogP) is 6.88. The molecular formula is C23H17Cl2N3O2S. The molecule has 2 N–H and O–H groups in total. The number of benzene rings is 3. The van der Waals surface area contributed by atoms with Gasteiger partial charge in [0.25, 0.3) is 5.91 Å². The van der Waals surface area contributed by atoms with Gasteiger partial charge >= 0.3 is 0 Å². The van der Waals surface area contributed by atoms with Gasteiger partial charge in [-0.05, 0) is 48.5 Å². The summed E-state index contributed by atoms with van der Waals surface area (Å²) in [5, 5.41) is 10.0. The molecule has 0 aliphatic heterocycles. The molecule has 31 heavy (non-hydrogen) atoms. The van der Waals surface area contributed by atoms with Crippen LogP contribution in [0, 0.1) is 0 Å². The molecule has 156 valence electrons. The van der Waals surface area contributed by atoms with Crippen molar-refractivity contribution in [2.45, 2.75) is 0 Å². The van der Waals surface area contributed by atoms with Crippen LogP contribution in [0.5, 0.6) is 5.75 Å². The molecule has 0 bridgehead atoms. The molecular weight excluding hydrogens is 453 g/mol. The lowest BCUT2D eigenvalue weighted by Gasteiger charge is -2.08. The Balaban J connectivity index is 1.34. The molecule has 0 aliphatic carbocycles. The first-order chi connectivity index (χ1) is 15.1. The van der Waals surface area contributed by atoms with Crippen LogP contribution < -0.4 is 15.4 Å². The Morgan fingerprint density at radius 3 is 2.45 bits per heavy atom. The first-order valence-electron chi connectivity index (χ1n) is 9.32. The van der Waals surface area contributed by atoms with Crippen LogP contribution in [0.3, 0.4) is 0 Å². The lowest BCUT2D eigenvalue weighted by atomic mass is 10.1. The van der Waals surface area contributed by atoms with Crippen LogP contribution in [-0.2, 0) is 4.79 Å². The maximum Gasteiger partial charge on any atom is 0.262 e. The summed E-state index contributed by atoms with van der Waals surface area (Å²) in [4.78, 5) is 16.7. The number of carbonyl (C=O) groups excluding carboxylic acids is 1. The number of ether oxygens (including phenoxy) is 1. The minimum absolute atomic E-state index is 0.0907. The van der Waals surface area contributed by atoms with Crippen LogP contribution >= 0.6 is 34.5 Å². The summed E-state index contributed by atoms with van der Waals surface area (Å²) in [5.41, 5.74) is 3.27. The fraction of sp³-hybridized carbons (Fsp3) is 0.0435. The number of nitrogens with one attached hydrogen (secondary N) is 2. The van der Waals surface area contributed by atoms with Crippen molar-refractivity contribution in [3.63, 3.8) is 0 Å². The third-order valence-corrected chi connectivity index (χ3v) is 5.61. The van der Waals surface area contributed by atoms with Gasteiger partial charge in [0.1, 0.15) is 5.75 Å². The van der Waals surface area contributed by atoms with Crippen LogP contribution in [0.15, 0.2) is 78.2 Å². The second-order valence-corrected chi connectivity index (χ2v) is 8.21. The number of halogens is 2. The fourth-order valence-corrected chi connectivity index (χ4v) is 3.78. The van der Waals surface area contributed by atoms with Gasteiger partial charge in [-0.25, -0.2) is 4.98 Å². The van der Waals surface area contributed by atoms with Gasteiger partial charge < -0.3 is 15.4 Å². The van der Waals surface area contributed by atoms with Crippen molar-refractivity contribution < 1.29 is 9.53 Å². The minimum Gasteiger partial charge on any atom is -0.484 e. The number of rotatable bonds is 7. The number of nitrogens with zero attached hydrogens (tertiary/aromatic N) is 1. The second kappa shape index (κ2) is 9.83. The van der Waals surface area contributed by atoms with Crippen molar-refractivity contribution in [2.75, 3.05) is 17.2 Å². The van der Waals surface area contributed by atoms with E-state index in [2.05, 4.69) is 15.6 Å². The van der Waals surface area contributed by atoms with E-state index in [0.29, 0.717) is 21.5 Å². The molecule has 0 aliphatic rings. The highest BCUT2D eigenvalue weighted by atomic mass is 35.5. The number of hydrogen-bond acceptors (Lipinski definition) is 5. The SMILES string of the molecule is O=C(COc1ccc(Cl)cc1)Nc1ccc(-c2csc(Nc3ccccc3Cl)n2)cc1. The lowest BCUT2D eigenvalue weighted by molar-refractivity contribution is -0.118. The van der Waals surface area contributed by atoms with E-state index in [1.165, 1.54) is 11.3 Å². The fourth-order valence-electron chi connectivity index (χ4n) is 2.74. The van der Waals surface area contributed by atoms with E-state index < -0.39 is 0 Å². The molecule has 3 aromatic carbocycles. The molecule has 0 radical (unpaired) electrons. The molecule has 0 saturated carbocycles. The normalized spacial score (nSPS) is 10.5. The highest BCUT2D eigenvalue weighted by molar-refractivity contribution is 7.14. The third kappa shape index (κ3) is 5.76. The smallest absolute Gasteiger partial charge is 0.262 e. The summed E-state index contributed by atoms with van der Waals surface area (Å²) in [7, 11) is 0. The van der Waals surface area contributed by atoms with Crippen LogP contribution in [0.1, 0.15) is 0 Å². The van der Waals surface area contributed by atoms with Crippen molar-refractivity contribution in [3.05, 3.63) is 88.2 Å². The number of thiazole rings is 1. The maximum absolute atomic E-state index is 12.1. The Bertz CT molecular complexity index is 1180. The van der Waals surface area contributed by atoms with Crippen molar-refractivity contribution in [3.8, 4) is 17.0 Å². The first kappa shape index (κ1) is 21.2. The Morgan fingerprint density at radius 2 is 1.71 bits per heavy atom. The van der Waals surface area contributed by atoms with Crippen LogP contribution in [0.2, 0.25) is 10.0 Å². The molecule has 0 spiro atoms. The zero-order chi connectivity index (χ0) is 21.6. The minimum atomic E-state index is -0.248. The molecule has 8 heteroatoms. The van der Waals surface area contributed by atoms with E-state index in [0.717, 1.165) is 22.1 Å². The summed E-state index contributed by atoms with van der Waals surface area (Å²) in [6, 6.07) is 21.8. The van der Waals surface area contributed by atoms with Crippen molar-refractivity contribution >= 4 is 57.0 Å². The number of anilines is 3. The molecule has 1 amide bonds. The molecule has 0 unspecified atom stereocenters. The quantitative estimate of drug-likeness (QED) is 0.309. The van der Waals surface area contributed by atoms with Gasteiger partial charge in [-0.15, -0.1) is 11.3 Å². The van der Waals surface area contributed by atoms with Gasteiger partial charge in [-0.2, -0.15) is 0 Å². The van der Waals surface area contributed by atoms with Gasteiger partial charge in [-0.3, -0.25) is 4.79 Å². The first-order valence-corrected chi connectivity index (χ1v) is 11.0. The molecule has 0 saturated heterocycles. The van der Waals surface area contributed by atoms with Crippen LogP contribution in [0.25, 0.3) is 11.3 Å². The number of amides is 1. The van der Waals surface area contributed by atoms with E-state index in [-0.39, 0.29) is 12.5 Å². The van der Waals surface area contributed by atoms with E-state index in [9.17, 15) is 4.79 Å². The Kier molecular flexibility index (Phi) is 6.72. The number of carbonyl (C=O) groups is 1. The topological polar surface area (TPSA) is 63.2 Å². The molecule has 0 atom stereocenters. The van der Waals surface area contributed by atoms with Gasteiger partial charge in [-0.1, -0.05) is 47.5 Å². The van der Waals surface area contributed by atoms with E-state index in [1.807, 2.05) is 53.9 Å². The van der Waals surface area contributed by atoms with E-state index >= 15 is 0 Å². The average molecular weight is 470 g/mol. The summed E-state index contributed by atoms with van der Waals surface area (Å²) in [6.45, 7) is -0.0907. The predicted molar refractivity (Wildman–Crippen MR) is 128 cm³/mol. The molecule has 5 nitrogen and oxygen atoms in total. The molecule has 0 fully saturated rings. The third-order valence-electron chi connectivity index (χ3n) is 4.27. The maximum atomic E-state index is 12.1. The molecule has 1 heterocycles. The van der Waals surface area contributed by atoms with Crippen LogP contribution in [-0.4, -0.2) is 17.5 Å². The number of para-hydroxylation sites is 1. The molecule has 1 aromatic heterocycles. The standard InChI is InChI=1S/C23H17Cl2N3O2S/c24-16-7-11-18(12-8-16)30-13-22(29)26-17-9-5-15(6-10-17)21-14-31-23(28-21)27-20-4-2-1-3-19(20)25/h1-12,14H,13H2,(H,26,29)(H,27,28). The second-order valence-electron chi connectivity index (χ2n) is 6.51. The summed E-state index contributed by atoms with van der Waals surface area (Å²) in [5.74, 6) is 0.335. The number of aromatic nitrogens is 1. The van der Waals surface area contributed by atoms with Crippen molar-refractivity contribution in [2.24, 2.45) is 0 Å². The Labute approximate surface area is 193 Å². The zero-order valence-electron chi connectivity index (χ0n) is 16.1. The number of hydrogen-bond donors (Lipinski definition) is 2. The zero-order valence-corrected chi connectivity index (χ0v) is 18.5. The van der Waals surface area contributed by atoms with Crippen molar-refractivity contribution in [1.29, 1.82) is 0 Å². The molecule has 4 rings (SSSR count). The van der Waals surface area contributed by atoms with Gasteiger partial charge in [0, 0.05) is 21.7 Å². The van der Waals surface area contributed by atoms with Gasteiger partial charge in [0.05, 0.1) is 16.4 Å². The molecule has 4 aromatic rings. The van der Waals surface area contributed by atoms with Gasteiger partial charge in [0.15, 0.2) is 11.7 Å². The van der Waals surface area contributed by atoms with E-state index in [1.54, 1.807) is 24.3 Å². The van der Waals surface area contributed by atoms with E-state index in [4.69, 9.17) is 27.9 Å². The lowest BCUT2D eigenvalue weighted by Crippen LogP contribution is -2.20. The summed E-state index contributed by atoms with van der Waals surface area (Å²) < 4.78 is 5.45. The highest BCUT2D eigenvalue weighted by Crippen LogP contribution is 2.30. The van der Waals surface area contributed by atoms with Gasteiger partial charge in [0.2, 0.25) is 0 Å². The van der Waals surface area contributed by atoms with Crippen molar-refractivity contribution in [1.82, 2.24) is 4.98 Å². The Morgan fingerprint density at radius 1 is 0.968 bits per heavy atom. The highest BCUT2D eigenvalue weighted by Gasteiger charge is 2.08. The van der Waals surface area contributed by atoms with Crippen LogP contribution in [0.4, 0.5) is 16.5 Å². The monoisotopic (exact) mass is 469 g/mol. The average Bonchev–Trinajstić information content (AvgIpc) is 3.24. The Hall–Kier alpha value is -3.06. The summed E-state index contributed by atoms with van der Waals surface area (Å²) in [6.07, 6.45) is 0.